The summed E-state index contributed by atoms with van der Waals surface area (Å²) in [6, 6.07) is 1.19. The first-order valence-electron chi connectivity index (χ1n) is 17.6. The Bertz CT molecular complexity index is 876. The minimum absolute atomic E-state index is 0.00291. The number of hydrogen-bond donors (Lipinski definition) is 2. The molecule has 42 heavy (non-hydrogen) atoms. The third-order valence-electron chi connectivity index (χ3n) is 11.9. The number of piperidine rings is 1. The predicted octanol–water partition coefficient (Wildman–Crippen LogP) is 3.93. The van der Waals surface area contributed by atoms with Gasteiger partial charge in [0.15, 0.2) is 0 Å². The second-order valence-electron chi connectivity index (χ2n) is 14.6. The molecule has 3 saturated heterocycles. The number of rotatable bonds is 9. The quantitative estimate of drug-likeness (QED) is 0.425. The summed E-state index contributed by atoms with van der Waals surface area (Å²) in [5.74, 6) is 2.78. The minimum atomic E-state index is -0.135. The average Bonchev–Trinajstić information content (AvgIpc) is 2.99. The van der Waals surface area contributed by atoms with Crippen molar-refractivity contribution in [1.29, 1.82) is 0 Å². The maximum Gasteiger partial charge on any atom is 0.225 e. The van der Waals surface area contributed by atoms with E-state index in [1.54, 1.807) is 0 Å². The zero-order valence-corrected chi connectivity index (χ0v) is 27.0. The minimum Gasteiger partial charge on any atom is -0.381 e. The van der Waals surface area contributed by atoms with Crippen LogP contribution in [0.5, 0.6) is 0 Å². The van der Waals surface area contributed by atoms with Gasteiger partial charge in [-0.1, -0.05) is 33.6 Å². The molecule has 0 aromatic rings. The molecule has 8 heteroatoms. The van der Waals surface area contributed by atoms with E-state index < -0.39 is 0 Å². The lowest BCUT2D eigenvalue weighted by Crippen LogP contribution is -2.56. The first-order valence-corrected chi connectivity index (χ1v) is 17.6. The zero-order valence-electron chi connectivity index (χ0n) is 27.0. The van der Waals surface area contributed by atoms with Crippen molar-refractivity contribution in [2.24, 2.45) is 41.4 Å². The number of ether oxygens (including phenoxy) is 2. The number of carbonyl (C=O) groups is 2. The van der Waals surface area contributed by atoms with Gasteiger partial charge in [-0.2, -0.15) is 0 Å². The summed E-state index contributed by atoms with van der Waals surface area (Å²) in [7, 11) is 0. The smallest absolute Gasteiger partial charge is 0.225 e. The Balaban J connectivity index is 1.29. The Hall–Kier alpha value is -1.22. The molecule has 2 N–H and O–H groups in total. The normalized spacial score (nSPS) is 39.2. The van der Waals surface area contributed by atoms with Crippen molar-refractivity contribution in [3.8, 4) is 0 Å². The zero-order chi connectivity index (χ0) is 29.6. The van der Waals surface area contributed by atoms with Crippen molar-refractivity contribution in [3.05, 3.63) is 0 Å². The Morgan fingerprint density at radius 1 is 0.952 bits per heavy atom. The molecule has 5 aliphatic rings. The third-order valence-corrected chi connectivity index (χ3v) is 11.9. The maximum absolute atomic E-state index is 14.0. The van der Waals surface area contributed by atoms with E-state index >= 15 is 0 Å². The standard InChI is InChI=1S/C34H60N4O4/c1-5-38(29-9-13-41-14-10-29)32-20-28(27-8-6-7-26(18-27)22-37-11-15-42-16-12-37)19-30(25(32)4)33(39)35-21-31-23(2)17-24(3)36-34(31)40/h23-32H,5-22H2,1-4H3,(H,35,39)(H,36,40). The fourth-order valence-electron chi connectivity index (χ4n) is 9.48. The van der Waals surface area contributed by atoms with Crippen LogP contribution in [0.4, 0.5) is 0 Å². The van der Waals surface area contributed by atoms with E-state index in [4.69, 9.17) is 9.47 Å². The number of carbonyl (C=O) groups excluding carboxylic acids is 2. The molecule has 240 valence electrons. The van der Waals surface area contributed by atoms with E-state index in [-0.39, 0.29) is 35.6 Å². The van der Waals surface area contributed by atoms with Crippen LogP contribution in [-0.2, 0) is 19.1 Å². The van der Waals surface area contributed by atoms with Crippen molar-refractivity contribution in [2.45, 2.75) is 104 Å². The number of morpholine rings is 1. The molecule has 0 spiro atoms. The van der Waals surface area contributed by atoms with Gasteiger partial charge >= 0.3 is 0 Å². The highest BCUT2D eigenvalue weighted by atomic mass is 16.5. The highest BCUT2D eigenvalue weighted by Gasteiger charge is 2.45. The van der Waals surface area contributed by atoms with E-state index in [1.165, 1.54) is 38.6 Å². The monoisotopic (exact) mass is 588 g/mol. The molecule has 2 saturated carbocycles. The summed E-state index contributed by atoms with van der Waals surface area (Å²) < 4.78 is 11.3. The Morgan fingerprint density at radius 3 is 2.40 bits per heavy atom. The van der Waals surface area contributed by atoms with Crippen LogP contribution in [0.3, 0.4) is 0 Å². The molecule has 0 aromatic carbocycles. The molecule has 5 fully saturated rings. The summed E-state index contributed by atoms with van der Waals surface area (Å²) >= 11 is 0. The summed E-state index contributed by atoms with van der Waals surface area (Å²) in [5, 5.41) is 6.42. The third kappa shape index (κ3) is 7.89. The van der Waals surface area contributed by atoms with Gasteiger partial charge in [-0.05, 0) is 88.0 Å². The first kappa shape index (κ1) is 32.2. The predicted molar refractivity (Wildman–Crippen MR) is 166 cm³/mol. The fourth-order valence-corrected chi connectivity index (χ4v) is 9.48. The summed E-state index contributed by atoms with van der Waals surface area (Å²) in [4.78, 5) is 32.2. The van der Waals surface area contributed by atoms with Crippen LogP contribution in [0, 0.1) is 41.4 Å². The van der Waals surface area contributed by atoms with Crippen LogP contribution >= 0.6 is 0 Å². The molecule has 0 aromatic heterocycles. The lowest BCUT2D eigenvalue weighted by Gasteiger charge is -2.50. The van der Waals surface area contributed by atoms with Crippen molar-refractivity contribution < 1.29 is 19.1 Å². The Kier molecular flexibility index (Phi) is 11.6. The molecule has 0 bridgehead atoms. The highest BCUT2D eigenvalue weighted by Crippen LogP contribution is 2.46. The number of hydrogen-bond acceptors (Lipinski definition) is 6. The molecule has 0 radical (unpaired) electrons. The van der Waals surface area contributed by atoms with E-state index in [2.05, 4.69) is 48.1 Å². The molecule has 8 nitrogen and oxygen atoms in total. The van der Waals surface area contributed by atoms with Crippen LogP contribution in [0.15, 0.2) is 0 Å². The van der Waals surface area contributed by atoms with Crippen LogP contribution in [-0.4, -0.2) is 98.9 Å². The second kappa shape index (κ2) is 15.2. The SMILES string of the molecule is CCN(C1CCOCC1)C1CC(C2CCCC(CN3CCOCC3)C2)CC(C(=O)NCC2C(=O)NC(C)CC2C)C1C. The fraction of sp³-hybridized carbons (Fsp3) is 0.941. The molecule has 5 rings (SSSR count). The number of amides is 2. The molecular formula is C34H60N4O4. The number of nitrogens with one attached hydrogen (secondary N) is 2. The second-order valence-corrected chi connectivity index (χ2v) is 14.6. The van der Waals surface area contributed by atoms with E-state index in [1.807, 2.05) is 0 Å². The molecule has 3 heterocycles. The topological polar surface area (TPSA) is 83.1 Å². The summed E-state index contributed by atoms with van der Waals surface area (Å²) in [6.45, 7) is 17.2. The van der Waals surface area contributed by atoms with Gasteiger partial charge in [0.1, 0.15) is 0 Å². The number of nitrogens with zero attached hydrogens (tertiary/aromatic N) is 2. The summed E-state index contributed by atoms with van der Waals surface area (Å²) in [6.07, 6.45) is 10.6. The van der Waals surface area contributed by atoms with Gasteiger partial charge in [0.25, 0.3) is 0 Å². The highest BCUT2D eigenvalue weighted by molar-refractivity contribution is 5.83. The van der Waals surface area contributed by atoms with Crippen molar-refractivity contribution in [1.82, 2.24) is 20.4 Å². The first-order chi connectivity index (χ1) is 20.3. The van der Waals surface area contributed by atoms with Crippen LogP contribution < -0.4 is 10.6 Å². The Labute approximate surface area is 255 Å². The van der Waals surface area contributed by atoms with Gasteiger partial charge in [0.05, 0.1) is 19.1 Å². The van der Waals surface area contributed by atoms with Gasteiger partial charge in [-0.25, -0.2) is 0 Å². The van der Waals surface area contributed by atoms with Crippen LogP contribution in [0.2, 0.25) is 0 Å². The molecule has 9 atom stereocenters. The van der Waals surface area contributed by atoms with Gasteiger partial charge in [-0.15, -0.1) is 0 Å². The van der Waals surface area contributed by atoms with Crippen molar-refractivity contribution in [3.63, 3.8) is 0 Å². The largest absolute Gasteiger partial charge is 0.381 e. The van der Waals surface area contributed by atoms with E-state index in [0.717, 1.165) is 77.7 Å². The van der Waals surface area contributed by atoms with E-state index in [0.29, 0.717) is 36.4 Å². The average molecular weight is 589 g/mol. The van der Waals surface area contributed by atoms with Crippen LogP contribution in [0.1, 0.15) is 85.5 Å². The van der Waals surface area contributed by atoms with Crippen molar-refractivity contribution >= 4 is 11.8 Å². The van der Waals surface area contributed by atoms with Gasteiger partial charge < -0.3 is 20.1 Å². The van der Waals surface area contributed by atoms with Gasteiger partial charge in [-0.3, -0.25) is 19.4 Å². The molecule has 9 unspecified atom stereocenters. The Morgan fingerprint density at radius 2 is 1.69 bits per heavy atom. The van der Waals surface area contributed by atoms with Gasteiger partial charge in [0.2, 0.25) is 11.8 Å². The van der Waals surface area contributed by atoms with Crippen molar-refractivity contribution in [2.75, 3.05) is 59.2 Å². The lowest BCUT2D eigenvalue weighted by atomic mass is 9.63. The molecular weight excluding hydrogens is 528 g/mol. The molecule has 3 aliphatic heterocycles. The van der Waals surface area contributed by atoms with Gasteiger partial charge in [0, 0.05) is 63.4 Å². The maximum atomic E-state index is 14.0. The molecule has 2 aliphatic carbocycles. The lowest BCUT2D eigenvalue weighted by molar-refractivity contribution is -0.133. The summed E-state index contributed by atoms with van der Waals surface area (Å²) in [5.41, 5.74) is 0. The van der Waals surface area contributed by atoms with Crippen LogP contribution in [0.25, 0.3) is 0 Å². The van der Waals surface area contributed by atoms with E-state index in [9.17, 15) is 9.59 Å². The molecule has 2 amide bonds.